The van der Waals surface area contributed by atoms with Gasteiger partial charge in [0.2, 0.25) is 5.91 Å². The third-order valence-electron chi connectivity index (χ3n) is 2.90. The second-order valence-electron chi connectivity index (χ2n) is 5.03. The number of amides is 1. The first-order valence-corrected chi connectivity index (χ1v) is 6.48. The van der Waals surface area contributed by atoms with E-state index >= 15 is 0 Å². The highest BCUT2D eigenvalue weighted by Gasteiger charge is 2.12. The molecule has 1 atom stereocenters. The van der Waals surface area contributed by atoms with Crippen LogP contribution in [-0.2, 0) is 18.4 Å². The van der Waals surface area contributed by atoms with E-state index in [0.29, 0.717) is 12.5 Å². The lowest BCUT2D eigenvalue weighted by atomic mass is 10.1. The lowest BCUT2D eigenvalue weighted by Gasteiger charge is -2.14. The molecular weight excluding hydrogens is 228 g/mol. The summed E-state index contributed by atoms with van der Waals surface area (Å²) in [4.78, 5) is 16.0. The number of hydrogen-bond donors (Lipinski definition) is 2. The molecule has 2 N–H and O–H groups in total. The molecule has 1 heterocycles. The van der Waals surface area contributed by atoms with Gasteiger partial charge in [0.25, 0.3) is 0 Å². The lowest BCUT2D eigenvalue weighted by Crippen LogP contribution is -2.42. The molecule has 1 amide bonds. The first-order chi connectivity index (χ1) is 8.50. The van der Waals surface area contributed by atoms with E-state index in [4.69, 9.17) is 0 Å². The minimum absolute atomic E-state index is 0.0462. The Labute approximate surface area is 109 Å². The van der Waals surface area contributed by atoms with Gasteiger partial charge in [-0.25, -0.2) is 4.98 Å². The molecule has 0 saturated heterocycles. The minimum atomic E-state index is -0.200. The second-order valence-corrected chi connectivity index (χ2v) is 5.03. The highest BCUT2D eigenvalue weighted by Crippen LogP contribution is 1.97. The number of nitrogens with zero attached hydrogens (tertiary/aromatic N) is 2. The summed E-state index contributed by atoms with van der Waals surface area (Å²) >= 11 is 0. The minimum Gasteiger partial charge on any atom is -0.355 e. The van der Waals surface area contributed by atoms with E-state index in [1.54, 1.807) is 6.20 Å². The number of imidazole rings is 1. The van der Waals surface area contributed by atoms with E-state index in [1.165, 1.54) is 0 Å². The first kappa shape index (κ1) is 14.7. The van der Waals surface area contributed by atoms with Crippen LogP contribution in [0, 0.1) is 5.92 Å². The molecule has 0 saturated carbocycles. The lowest BCUT2D eigenvalue weighted by molar-refractivity contribution is -0.122. The van der Waals surface area contributed by atoms with Gasteiger partial charge in [-0.15, -0.1) is 0 Å². The van der Waals surface area contributed by atoms with Gasteiger partial charge in [0, 0.05) is 26.0 Å². The topological polar surface area (TPSA) is 59.0 Å². The van der Waals surface area contributed by atoms with Crippen LogP contribution in [0.15, 0.2) is 12.4 Å². The van der Waals surface area contributed by atoms with Gasteiger partial charge in [0.05, 0.1) is 12.6 Å². The molecule has 5 nitrogen and oxygen atoms in total. The standard InChI is InChI=1S/C13H24N4O/c1-10(2)5-6-15-13(18)11(3)16-9-12-14-7-8-17(12)4/h7-8,10-11,16H,5-6,9H2,1-4H3,(H,15,18). The molecule has 0 radical (unpaired) electrons. The molecule has 0 fully saturated rings. The summed E-state index contributed by atoms with van der Waals surface area (Å²) in [6.45, 7) is 7.50. The zero-order chi connectivity index (χ0) is 13.5. The summed E-state index contributed by atoms with van der Waals surface area (Å²) in [5, 5.41) is 6.10. The highest BCUT2D eigenvalue weighted by atomic mass is 16.2. The number of hydrogen-bond acceptors (Lipinski definition) is 3. The number of aromatic nitrogens is 2. The van der Waals surface area contributed by atoms with Gasteiger partial charge < -0.3 is 9.88 Å². The number of carbonyl (C=O) groups excluding carboxylic acids is 1. The molecule has 0 aliphatic heterocycles. The molecule has 0 aromatic carbocycles. The van der Waals surface area contributed by atoms with Gasteiger partial charge in [-0.05, 0) is 19.3 Å². The largest absolute Gasteiger partial charge is 0.355 e. The Bertz CT molecular complexity index is 373. The van der Waals surface area contributed by atoms with E-state index in [2.05, 4.69) is 29.5 Å². The fourth-order valence-electron chi connectivity index (χ4n) is 1.54. The third-order valence-corrected chi connectivity index (χ3v) is 2.90. The monoisotopic (exact) mass is 252 g/mol. The Kier molecular flexibility index (Phi) is 5.85. The molecule has 0 spiro atoms. The van der Waals surface area contributed by atoms with Crippen LogP contribution < -0.4 is 10.6 Å². The van der Waals surface area contributed by atoms with Crippen LogP contribution in [0.3, 0.4) is 0 Å². The van der Waals surface area contributed by atoms with Crippen molar-refractivity contribution in [3.05, 3.63) is 18.2 Å². The van der Waals surface area contributed by atoms with Crippen LogP contribution in [0.1, 0.15) is 33.0 Å². The van der Waals surface area contributed by atoms with Crippen LogP contribution in [0.25, 0.3) is 0 Å². The summed E-state index contributed by atoms with van der Waals surface area (Å²) < 4.78 is 1.94. The zero-order valence-corrected chi connectivity index (χ0v) is 11.7. The van der Waals surface area contributed by atoms with Crippen molar-refractivity contribution in [1.82, 2.24) is 20.2 Å². The molecule has 1 aromatic heterocycles. The van der Waals surface area contributed by atoms with E-state index in [0.717, 1.165) is 18.8 Å². The highest BCUT2D eigenvalue weighted by molar-refractivity contribution is 5.81. The van der Waals surface area contributed by atoms with Crippen molar-refractivity contribution in [2.45, 2.75) is 39.8 Å². The maximum atomic E-state index is 11.8. The summed E-state index contributed by atoms with van der Waals surface area (Å²) in [5.41, 5.74) is 0. The van der Waals surface area contributed by atoms with Gasteiger partial charge >= 0.3 is 0 Å². The zero-order valence-electron chi connectivity index (χ0n) is 11.7. The molecule has 0 aliphatic carbocycles. The van der Waals surface area contributed by atoms with E-state index in [-0.39, 0.29) is 11.9 Å². The first-order valence-electron chi connectivity index (χ1n) is 6.48. The van der Waals surface area contributed by atoms with Gasteiger partial charge in [-0.1, -0.05) is 13.8 Å². The fourth-order valence-corrected chi connectivity index (χ4v) is 1.54. The second kappa shape index (κ2) is 7.16. The summed E-state index contributed by atoms with van der Waals surface area (Å²) in [5.74, 6) is 1.59. The average molecular weight is 252 g/mol. The van der Waals surface area contributed by atoms with Crippen molar-refractivity contribution in [3.63, 3.8) is 0 Å². The normalized spacial score (nSPS) is 12.7. The van der Waals surface area contributed by atoms with E-state index < -0.39 is 0 Å². The Hall–Kier alpha value is -1.36. The van der Waals surface area contributed by atoms with Crippen molar-refractivity contribution < 1.29 is 4.79 Å². The van der Waals surface area contributed by atoms with Crippen LogP contribution in [-0.4, -0.2) is 28.0 Å². The molecule has 0 aliphatic rings. The number of carbonyl (C=O) groups is 1. The number of aryl methyl sites for hydroxylation is 1. The Morgan fingerprint density at radius 2 is 2.17 bits per heavy atom. The van der Waals surface area contributed by atoms with E-state index in [9.17, 15) is 4.79 Å². The SMILES string of the molecule is CC(C)CCNC(=O)C(C)NCc1nccn1C. The molecular formula is C13H24N4O. The predicted octanol–water partition coefficient (Wildman–Crippen LogP) is 1.06. The van der Waals surface area contributed by atoms with Gasteiger partial charge in [-0.2, -0.15) is 0 Å². The molecule has 18 heavy (non-hydrogen) atoms. The van der Waals surface area contributed by atoms with Crippen molar-refractivity contribution in [2.24, 2.45) is 13.0 Å². The average Bonchev–Trinajstić information content (AvgIpc) is 2.71. The molecule has 0 bridgehead atoms. The van der Waals surface area contributed by atoms with Crippen LogP contribution in [0.4, 0.5) is 0 Å². The van der Waals surface area contributed by atoms with Crippen molar-refractivity contribution in [1.29, 1.82) is 0 Å². The Morgan fingerprint density at radius 3 is 2.72 bits per heavy atom. The number of rotatable bonds is 7. The van der Waals surface area contributed by atoms with Gasteiger partial charge in [0.1, 0.15) is 5.82 Å². The maximum absolute atomic E-state index is 11.8. The molecule has 1 unspecified atom stereocenters. The van der Waals surface area contributed by atoms with Crippen LogP contribution in [0.5, 0.6) is 0 Å². The number of nitrogens with one attached hydrogen (secondary N) is 2. The van der Waals surface area contributed by atoms with Crippen LogP contribution in [0.2, 0.25) is 0 Å². The fraction of sp³-hybridized carbons (Fsp3) is 0.692. The summed E-state index contributed by atoms with van der Waals surface area (Å²) in [6.07, 6.45) is 4.66. The Morgan fingerprint density at radius 1 is 1.44 bits per heavy atom. The molecule has 1 aromatic rings. The molecule has 102 valence electrons. The molecule has 5 heteroatoms. The van der Waals surface area contributed by atoms with Crippen molar-refractivity contribution >= 4 is 5.91 Å². The van der Waals surface area contributed by atoms with E-state index in [1.807, 2.05) is 24.7 Å². The van der Waals surface area contributed by atoms with Crippen molar-refractivity contribution in [2.75, 3.05) is 6.54 Å². The predicted molar refractivity (Wildman–Crippen MR) is 72.0 cm³/mol. The maximum Gasteiger partial charge on any atom is 0.236 e. The summed E-state index contributed by atoms with van der Waals surface area (Å²) in [7, 11) is 1.94. The Balaban J connectivity index is 2.25. The summed E-state index contributed by atoms with van der Waals surface area (Å²) in [6, 6.07) is -0.200. The van der Waals surface area contributed by atoms with Gasteiger partial charge in [0.15, 0.2) is 0 Å². The third kappa shape index (κ3) is 4.87. The van der Waals surface area contributed by atoms with Gasteiger partial charge in [-0.3, -0.25) is 10.1 Å². The molecule has 1 rings (SSSR count). The smallest absolute Gasteiger partial charge is 0.236 e. The van der Waals surface area contributed by atoms with Crippen molar-refractivity contribution in [3.8, 4) is 0 Å². The van der Waals surface area contributed by atoms with Crippen LogP contribution >= 0.6 is 0 Å². The quantitative estimate of drug-likeness (QED) is 0.763.